The molecule has 20 heavy (non-hydrogen) atoms. The van der Waals surface area contributed by atoms with Crippen molar-refractivity contribution < 1.29 is 14.3 Å². The van der Waals surface area contributed by atoms with Crippen LogP contribution in [0.2, 0.25) is 0 Å². The van der Waals surface area contributed by atoms with Gasteiger partial charge in [-0.15, -0.1) is 0 Å². The first kappa shape index (κ1) is 14.1. The zero-order valence-electron chi connectivity index (χ0n) is 11.1. The van der Waals surface area contributed by atoms with Crippen LogP contribution in [0.25, 0.3) is 0 Å². The molecule has 0 saturated heterocycles. The zero-order chi connectivity index (χ0) is 14.5. The standard InChI is InChI=1S/C15H15FN2O2/c1-18(9-11-4-6-17-7-5-11)10-13-8-12(15(19)20)2-3-14(13)16/h2-8H,9-10H2,1H3,(H,19,20). The van der Waals surface area contributed by atoms with Crippen molar-refractivity contribution in [3.8, 4) is 0 Å². The third kappa shape index (κ3) is 3.61. The summed E-state index contributed by atoms with van der Waals surface area (Å²) in [5.74, 6) is -1.44. The molecular formula is C15H15FN2O2. The number of hydrogen-bond donors (Lipinski definition) is 1. The molecular weight excluding hydrogens is 259 g/mol. The van der Waals surface area contributed by atoms with E-state index in [1.165, 1.54) is 18.2 Å². The van der Waals surface area contributed by atoms with E-state index in [1.54, 1.807) is 12.4 Å². The number of benzene rings is 1. The molecule has 0 unspecified atom stereocenters. The lowest BCUT2D eigenvalue weighted by Crippen LogP contribution is -2.18. The van der Waals surface area contributed by atoms with Crippen LogP contribution in [0.4, 0.5) is 4.39 Å². The van der Waals surface area contributed by atoms with Gasteiger partial charge in [-0.1, -0.05) is 0 Å². The fourth-order valence-electron chi connectivity index (χ4n) is 1.98. The summed E-state index contributed by atoms with van der Waals surface area (Å²) >= 11 is 0. The first-order valence-corrected chi connectivity index (χ1v) is 6.15. The number of pyridine rings is 1. The number of carbonyl (C=O) groups is 1. The van der Waals surface area contributed by atoms with Gasteiger partial charge in [-0.05, 0) is 42.9 Å². The molecule has 0 saturated carbocycles. The maximum atomic E-state index is 13.7. The predicted molar refractivity (Wildman–Crippen MR) is 72.8 cm³/mol. The summed E-state index contributed by atoms with van der Waals surface area (Å²) < 4.78 is 13.7. The maximum absolute atomic E-state index is 13.7. The molecule has 0 radical (unpaired) electrons. The number of hydrogen-bond acceptors (Lipinski definition) is 3. The summed E-state index contributed by atoms with van der Waals surface area (Å²) in [7, 11) is 1.85. The number of carboxylic acids is 1. The summed E-state index contributed by atoms with van der Waals surface area (Å²) in [6, 6.07) is 7.62. The van der Waals surface area contributed by atoms with Crippen LogP contribution in [0, 0.1) is 5.82 Å². The smallest absolute Gasteiger partial charge is 0.335 e. The predicted octanol–water partition coefficient (Wildman–Crippen LogP) is 2.55. The van der Waals surface area contributed by atoms with Crippen molar-refractivity contribution in [1.29, 1.82) is 0 Å². The lowest BCUT2D eigenvalue weighted by Gasteiger charge is -2.17. The van der Waals surface area contributed by atoms with Crippen molar-refractivity contribution in [2.75, 3.05) is 7.05 Å². The Hall–Kier alpha value is -2.27. The fourth-order valence-corrected chi connectivity index (χ4v) is 1.98. The molecule has 4 nitrogen and oxygen atoms in total. The molecule has 1 aromatic carbocycles. The van der Waals surface area contributed by atoms with Gasteiger partial charge in [-0.3, -0.25) is 9.88 Å². The van der Waals surface area contributed by atoms with Crippen molar-refractivity contribution in [3.05, 3.63) is 65.2 Å². The first-order valence-electron chi connectivity index (χ1n) is 6.15. The molecule has 1 aromatic heterocycles. The number of halogens is 1. The van der Waals surface area contributed by atoms with Gasteiger partial charge in [0.1, 0.15) is 5.82 Å². The maximum Gasteiger partial charge on any atom is 0.335 e. The average Bonchev–Trinajstić information content (AvgIpc) is 2.42. The van der Waals surface area contributed by atoms with Gasteiger partial charge in [0.25, 0.3) is 0 Å². The SMILES string of the molecule is CN(Cc1ccncc1)Cc1cc(C(=O)O)ccc1F. The lowest BCUT2D eigenvalue weighted by molar-refractivity contribution is 0.0696. The molecule has 0 amide bonds. The van der Waals surface area contributed by atoms with E-state index in [2.05, 4.69) is 4.98 Å². The van der Waals surface area contributed by atoms with E-state index >= 15 is 0 Å². The number of aromatic nitrogens is 1. The molecule has 0 bridgehead atoms. The minimum Gasteiger partial charge on any atom is -0.478 e. The highest BCUT2D eigenvalue weighted by molar-refractivity contribution is 5.87. The second-order valence-electron chi connectivity index (χ2n) is 4.64. The van der Waals surface area contributed by atoms with Gasteiger partial charge < -0.3 is 5.11 Å². The molecule has 0 spiro atoms. The molecule has 1 N–H and O–H groups in total. The topological polar surface area (TPSA) is 53.4 Å². The van der Waals surface area contributed by atoms with E-state index in [1.807, 2.05) is 24.1 Å². The van der Waals surface area contributed by atoms with Crippen molar-refractivity contribution in [2.45, 2.75) is 13.1 Å². The number of nitrogens with zero attached hydrogens (tertiary/aromatic N) is 2. The molecule has 0 atom stereocenters. The Labute approximate surface area is 116 Å². The normalized spacial score (nSPS) is 10.8. The van der Waals surface area contributed by atoms with E-state index in [9.17, 15) is 9.18 Å². The van der Waals surface area contributed by atoms with E-state index in [0.717, 1.165) is 5.56 Å². The summed E-state index contributed by atoms with van der Waals surface area (Å²) in [5.41, 5.74) is 1.54. The Bertz CT molecular complexity index is 602. The fraction of sp³-hybridized carbons (Fsp3) is 0.200. The van der Waals surface area contributed by atoms with Gasteiger partial charge in [-0.2, -0.15) is 0 Å². The molecule has 1 heterocycles. The average molecular weight is 274 g/mol. The van der Waals surface area contributed by atoms with Gasteiger partial charge >= 0.3 is 5.97 Å². The lowest BCUT2D eigenvalue weighted by atomic mass is 10.1. The molecule has 0 aliphatic carbocycles. The summed E-state index contributed by atoms with van der Waals surface area (Å²) in [6.45, 7) is 0.981. The molecule has 2 rings (SSSR count). The molecule has 0 aliphatic rings. The highest BCUT2D eigenvalue weighted by Crippen LogP contribution is 2.14. The minimum atomic E-state index is -1.05. The zero-order valence-corrected chi connectivity index (χ0v) is 11.1. The van der Waals surface area contributed by atoms with E-state index in [-0.39, 0.29) is 5.56 Å². The third-order valence-corrected chi connectivity index (χ3v) is 2.93. The van der Waals surface area contributed by atoms with Crippen LogP contribution in [0.1, 0.15) is 21.5 Å². The Balaban J connectivity index is 2.09. The Kier molecular flexibility index (Phi) is 4.42. The quantitative estimate of drug-likeness (QED) is 0.910. The highest BCUT2D eigenvalue weighted by atomic mass is 19.1. The second-order valence-corrected chi connectivity index (χ2v) is 4.64. The molecule has 2 aromatic rings. The van der Waals surface area contributed by atoms with Gasteiger partial charge in [0.05, 0.1) is 5.56 Å². The van der Waals surface area contributed by atoms with Crippen LogP contribution in [0.5, 0.6) is 0 Å². The van der Waals surface area contributed by atoms with Gasteiger partial charge in [-0.25, -0.2) is 9.18 Å². The van der Waals surface area contributed by atoms with Crippen molar-refractivity contribution in [2.24, 2.45) is 0 Å². The second kappa shape index (κ2) is 6.25. The summed E-state index contributed by atoms with van der Waals surface area (Å²) in [6.07, 6.45) is 3.41. The first-order chi connectivity index (χ1) is 9.56. The largest absolute Gasteiger partial charge is 0.478 e. The highest BCUT2D eigenvalue weighted by Gasteiger charge is 2.10. The van der Waals surface area contributed by atoms with Crippen LogP contribution in [0.3, 0.4) is 0 Å². The van der Waals surface area contributed by atoms with E-state index < -0.39 is 11.8 Å². The molecule has 5 heteroatoms. The van der Waals surface area contributed by atoms with E-state index in [0.29, 0.717) is 18.7 Å². The van der Waals surface area contributed by atoms with Crippen molar-refractivity contribution >= 4 is 5.97 Å². The molecule has 104 valence electrons. The van der Waals surface area contributed by atoms with Crippen molar-refractivity contribution in [3.63, 3.8) is 0 Å². The monoisotopic (exact) mass is 274 g/mol. The minimum absolute atomic E-state index is 0.0960. The van der Waals surface area contributed by atoms with Crippen LogP contribution in [0.15, 0.2) is 42.7 Å². The number of carboxylic acid groups (broad SMARTS) is 1. The third-order valence-electron chi connectivity index (χ3n) is 2.93. The van der Waals surface area contributed by atoms with Crippen LogP contribution < -0.4 is 0 Å². The Morgan fingerprint density at radius 2 is 1.95 bits per heavy atom. The molecule has 0 fully saturated rings. The van der Waals surface area contributed by atoms with Crippen LogP contribution in [-0.4, -0.2) is 28.0 Å². The summed E-state index contributed by atoms with van der Waals surface area (Å²) in [4.78, 5) is 16.8. The van der Waals surface area contributed by atoms with Crippen LogP contribution >= 0.6 is 0 Å². The summed E-state index contributed by atoms with van der Waals surface area (Å²) in [5, 5.41) is 8.93. The van der Waals surface area contributed by atoms with Gasteiger partial charge in [0.2, 0.25) is 0 Å². The van der Waals surface area contributed by atoms with Crippen LogP contribution in [-0.2, 0) is 13.1 Å². The number of aromatic carboxylic acids is 1. The van der Waals surface area contributed by atoms with Gasteiger partial charge in [0, 0.05) is 31.0 Å². The van der Waals surface area contributed by atoms with E-state index in [4.69, 9.17) is 5.11 Å². The number of rotatable bonds is 5. The molecule has 0 aliphatic heterocycles. The van der Waals surface area contributed by atoms with Crippen molar-refractivity contribution in [1.82, 2.24) is 9.88 Å². The Morgan fingerprint density at radius 3 is 2.60 bits per heavy atom. The van der Waals surface area contributed by atoms with Gasteiger partial charge in [0.15, 0.2) is 0 Å². The Morgan fingerprint density at radius 1 is 1.25 bits per heavy atom.